The van der Waals surface area contributed by atoms with E-state index in [1.165, 1.54) is 18.2 Å². The van der Waals surface area contributed by atoms with E-state index < -0.39 is 6.61 Å². The van der Waals surface area contributed by atoms with Gasteiger partial charge in [-0.05, 0) is 24.5 Å². The largest absolute Gasteiger partial charge is 0.449 e. The van der Waals surface area contributed by atoms with E-state index in [0.29, 0.717) is 44.8 Å². The zero-order valence-electron chi connectivity index (χ0n) is 16.1. The summed E-state index contributed by atoms with van der Waals surface area (Å²) >= 11 is 0. The number of benzene rings is 1. The van der Waals surface area contributed by atoms with Gasteiger partial charge in [0.25, 0.3) is 0 Å². The number of hydrogen-bond donors (Lipinski definition) is 0. The van der Waals surface area contributed by atoms with Gasteiger partial charge in [-0.1, -0.05) is 32.0 Å². The van der Waals surface area contributed by atoms with Crippen molar-refractivity contribution in [3.8, 4) is 5.75 Å². The maximum absolute atomic E-state index is 12.5. The van der Waals surface area contributed by atoms with Crippen molar-refractivity contribution in [1.29, 1.82) is 0 Å². The summed E-state index contributed by atoms with van der Waals surface area (Å²) in [7, 11) is 0. The second-order valence-electron chi connectivity index (χ2n) is 6.89. The van der Waals surface area contributed by atoms with Crippen LogP contribution in [0.3, 0.4) is 0 Å². The molecule has 0 radical (unpaired) electrons. The van der Waals surface area contributed by atoms with Crippen LogP contribution in [-0.2, 0) is 9.53 Å². The van der Waals surface area contributed by atoms with Gasteiger partial charge in [-0.15, -0.1) is 0 Å². The van der Waals surface area contributed by atoms with E-state index in [2.05, 4.69) is 4.74 Å². The molecule has 8 heteroatoms. The minimum absolute atomic E-state index is 0.0106. The normalized spacial score (nSPS) is 15.2. The van der Waals surface area contributed by atoms with Crippen LogP contribution in [0.15, 0.2) is 30.3 Å². The number of carbonyl (C=O) groups excluding carboxylic acids is 2. The number of alkyl halides is 2. The van der Waals surface area contributed by atoms with Crippen LogP contribution in [-0.4, -0.2) is 61.2 Å². The van der Waals surface area contributed by atoms with Crippen LogP contribution in [0.25, 0.3) is 6.08 Å². The van der Waals surface area contributed by atoms with E-state index in [-0.39, 0.29) is 23.7 Å². The minimum atomic E-state index is -2.93. The molecule has 0 atom stereocenters. The molecule has 1 saturated heterocycles. The van der Waals surface area contributed by atoms with E-state index in [1.807, 2.05) is 13.8 Å². The van der Waals surface area contributed by atoms with Crippen LogP contribution in [0.5, 0.6) is 5.75 Å². The van der Waals surface area contributed by atoms with E-state index in [9.17, 15) is 18.4 Å². The molecule has 1 aromatic rings. The number of halogens is 2. The van der Waals surface area contributed by atoms with Gasteiger partial charge in [0.05, 0.1) is 6.61 Å². The predicted octanol–water partition coefficient (Wildman–Crippen LogP) is 3.63. The molecule has 1 aliphatic heterocycles. The highest BCUT2D eigenvalue weighted by Gasteiger charge is 2.22. The molecule has 0 saturated carbocycles. The summed E-state index contributed by atoms with van der Waals surface area (Å²) in [5, 5.41) is 0. The monoisotopic (exact) mass is 396 g/mol. The smallest absolute Gasteiger partial charge is 0.409 e. The summed E-state index contributed by atoms with van der Waals surface area (Å²) < 4.78 is 34.6. The molecule has 0 N–H and O–H groups in total. The number of nitrogens with zero attached hydrogens (tertiary/aromatic N) is 2. The van der Waals surface area contributed by atoms with Crippen LogP contribution in [0.1, 0.15) is 25.8 Å². The number of para-hydroxylation sites is 1. The molecule has 0 spiro atoms. The summed E-state index contributed by atoms with van der Waals surface area (Å²) in [5.41, 5.74) is 0.393. The highest BCUT2D eigenvalue weighted by Crippen LogP contribution is 2.21. The first-order chi connectivity index (χ1) is 13.4. The van der Waals surface area contributed by atoms with Gasteiger partial charge in [-0.2, -0.15) is 8.78 Å². The summed E-state index contributed by atoms with van der Waals surface area (Å²) in [6, 6.07) is 6.27. The Morgan fingerprint density at radius 3 is 2.50 bits per heavy atom. The molecule has 2 rings (SSSR count). The zero-order valence-corrected chi connectivity index (χ0v) is 16.1. The molecule has 0 aromatic heterocycles. The van der Waals surface area contributed by atoms with Crippen LogP contribution in [0, 0.1) is 5.92 Å². The van der Waals surface area contributed by atoms with E-state index >= 15 is 0 Å². The van der Waals surface area contributed by atoms with Crippen molar-refractivity contribution in [2.45, 2.75) is 26.9 Å². The average molecular weight is 396 g/mol. The Kier molecular flexibility index (Phi) is 8.22. The lowest BCUT2D eigenvalue weighted by Crippen LogP contribution is -2.37. The molecule has 1 heterocycles. The molecular formula is C20H26F2N2O4. The van der Waals surface area contributed by atoms with Gasteiger partial charge in [0.1, 0.15) is 5.75 Å². The summed E-state index contributed by atoms with van der Waals surface area (Å²) in [6.07, 6.45) is 3.07. The molecule has 28 heavy (non-hydrogen) atoms. The topological polar surface area (TPSA) is 59.1 Å². The average Bonchev–Trinajstić information content (AvgIpc) is 2.91. The van der Waals surface area contributed by atoms with Crippen molar-refractivity contribution >= 4 is 18.1 Å². The Balaban J connectivity index is 1.93. The summed E-state index contributed by atoms with van der Waals surface area (Å²) in [4.78, 5) is 27.8. The van der Waals surface area contributed by atoms with Crippen molar-refractivity contribution in [3.05, 3.63) is 35.9 Å². The first kappa shape index (κ1) is 21.7. The van der Waals surface area contributed by atoms with Gasteiger partial charge in [-0.3, -0.25) is 4.79 Å². The van der Waals surface area contributed by atoms with Crippen LogP contribution in [0.2, 0.25) is 0 Å². The maximum Gasteiger partial charge on any atom is 0.409 e. The van der Waals surface area contributed by atoms with Crippen LogP contribution in [0.4, 0.5) is 13.6 Å². The Morgan fingerprint density at radius 2 is 1.79 bits per heavy atom. The molecular weight excluding hydrogens is 370 g/mol. The Labute approximate surface area is 163 Å². The first-order valence-electron chi connectivity index (χ1n) is 9.29. The molecule has 1 aromatic carbocycles. The van der Waals surface area contributed by atoms with Crippen molar-refractivity contribution in [2.24, 2.45) is 5.92 Å². The van der Waals surface area contributed by atoms with Gasteiger partial charge in [-0.25, -0.2) is 4.79 Å². The second-order valence-corrected chi connectivity index (χ2v) is 6.89. The van der Waals surface area contributed by atoms with Gasteiger partial charge in [0.15, 0.2) is 0 Å². The standard InChI is InChI=1S/C20H26F2N2O4/c1-15(2)14-27-20(26)24-11-5-10-23(12-13-24)18(25)9-8-16-6-3-4-7-17(16)28-19(21)22/h3-4,6-9,15,19H,5,10-14H2,1-2H3/b9-8+. The lowest BCUT2D eigenvalue weighted by molar-refractivity contribution is -0.125. The highest BCUT2D eigenvalue weighted by molar-refractivity contribution is 5.92. The maximum atomic E-state index is 12.5. The van der Waals surface area contributed by atoms with Gasteiger partial charge >= 0.3 is 12.7 Å². The van der Waals surface area contributed by atoms with Crippen molar-refractivity contribution in [3.63, 3.8) is 0 Å². The van der Waals surface area contributed by atoms with E-state index in [4.69, 9.17) is 4.74 Å². The fourth-order valence-electron chi connectivity index (χ4n) is 2.74. The minimum Gasteiger partial charge on any atom is -0.449 e. The van der Waals surface area contributed by atoms with E-state index in [1.54, 1.807) is 28.0 Å². The molecule has 0 aliphatic carbocycles. The number of amides is 2. The van der Waals surface area contributed by atoms with Gasteiger partial charge in [0, 0.05) is 37.8 Å². The number of rotatable bonds is 6. The SMILES string of the molecule is CC(C)COC(=O)N1CCCN(C(=O)/C=C/c2ccccc2OC(F)F)CC1. The zero-order chi connectivity index (χ0) is 20.5. The van der Waals surface area contributed by atoms with Crippen molar-refractivity contribution in [1.82, 2.24) is 9.80 Å². The molecule has 6 nitrogen and oxygen atoms in total. The third-order valence-corrected chi connectivity index (χ3v) is 4.15. The lowest BCUT2D eigenvalue weighted by atomic mass is 10.2. The van der Waals surface area contributed by atoms with E-state index in [0.717, 1.165) is 0 Å². The number of carbonyl (C=O) groups is 2. The van der Waals surface area contributed by atoms with Crippen molar-refractivity contribution in [2.75, 3.05) is 32.8 Å². The molecule has 1 aliphatic rings. The fourth-order valence-corrected chi connectivity index (χ4v) is 2.74. The third-order valence-electron chi connectivity index (χ3n) is 4.15. The highest BCUT2D eigenvalue weighted by atomic mass is 19.3. The van der Waals surface area contributed by atoms with Gasteiger partial charge < -0.3 is 19.3 Å². The fraction of sp³-hybridized carbons (Fsp3) is 0.500. The first-order valence-corrected chi connectivity index (χ1v) is 9.29. The quantitative estimate of drug-likeness (QED) is 0.689. The molecule has 0 bridgehead atoms. The second kappa shape index (κ2) is 10.6. The van der Waals surface area contributed by atoms with Crippen LogP contribution >= 0.6 is 0 Å². The van der Waals surface area contributed by atoms with Gasteiger partial charge in [0.2, 0.25) is 5.91 Å². The molecule has 1 fully saturated rings. The Hall–Kier alpha value is -2.64. The van der Waals surface area contributed by atoms with Crippen LogP contribution < -0.4 is 4.74 Å². The number of ether oxygens (including phenoxy) is 2. The summed E-state index contributed by atoms with van der Waals surface area (Å²) in [6.45, 7) is 3.16. The number of hydrogen-bond acceptors (Lipinski definition) is 4. The Morgan fingerprint density at radius 1 is 1.11 bits per heavy atom. The summed E-state index contributed by atoms with van der Waals surface area (Å²) in [5.74, 6) is 0.0248. The Bertz CT molecular complexity index is 695. The molecule has 0 unspecified atom stereocenters. The molecule has 2 amide bonds. The predicted molar refractivity (Wildman–Crippen MR) is 101 cm³/mol. The van der Waals surface area contributed by atoms with Crippen molar-refractivity contribution < 1.29 is 27.8 Å². The third kappa shape index (κ3) is 6.83. The molecule has 154 valence electrons. The lowest BCUT2D eigenvalue weighted by Gasteiger charge is -2.21.